The third kappa shape index (κ3) is 6.15. The Morgan fingerprint density at radius 2 is 1.86 bits per heavy atom. The summed E-state index contributed by atoms with van der Waals surface area (Å²) in [6.45, 7) is 1.41. The van der Waals surface area contributed by atoms with Gasteiger partial charge in [-0.05, 0) is 31.8 Å². The van der Waals surface area contributed by atoms with Crippen LogP contribution in [0.3, 0.4) is 0 Å². The van der Waals surface area contributed by atoms with Crippen molar-refractivity contribution < 1.29 is 14.3 Å². The first kappa shape index (κ1) is 15.8. The summed E-state index contributed by atoms with van der Waals surface area (Å²) in [5, 5.41) is 3.08. The van der Waals surface area contributed by atoms with Gasteiger partial charge in [0.1, 0.15) is 5.76 Å². The first-order chi connectivity index (χ1) is 10.1. The van der Waals surface area contributed by atoms with E-state index < -0.39 is 0 Å². The number of rotatable bonds is 6. The lowest BCUT2D eigenvalue weighted by Gasteiger charge is -2.22. The normalized spacial score (nSPS) is 20.5. The molecule has 0 radical (unpaired) electrons. The third-order valence-corrected chi connectivity index (χ3v) is 3.91. The third-order valence-electron chi connectivity index (χ3n) is 3.91. The Hall–Kier alpha value is -1.58. The Morgan fingerprint density at radius 1 is 1.14 bits per heavy atom. The Labute approximate surface area is 126 Å². The summed E-state index contributed by atoms with van der Waals surface area (Å²) in [4.78, 5) is 22.8. The van der Waals surface area contributed by atoms with Crippen molar-refractivity contribution in [1.82, 2.24) is 5.32 Å². The lowest BCUT2D eigenvalue weighted by molar-refractivity contribution is -0.137. The van der Waals surface area contributed by atoms with Crippen LogP contribution < -0.4 is 5.32 Å². The minimum absolute atomic E-state index is 0.0759. The molecule has 21 heavy (non-hydrogen) atoms. The van der Waals surface area contributed by atoms with Crippen LogP contribution in [0.1, 0.15) is 58.3 Å². The maximum absolute atomic E-state index is 11.8. The highest BCUT2D eigenvalue weighted by molar-refractivity contribution is 5.77. The molecule has 0 bridgehead atoms. The van der Waals surface area contributed by atoms with Crippen LogP contribution in [0, 0.1) is 5.92 Å². The van der Waals surface area contributed by atoms with Gasteiger partial charge in [0.05, 0.1) is 0 Å². The fourth-order valence-electron chi connectivity index (χ4n) is 2.66. The average Bonchev–Trinajstić information content (AvgIpc) is 3.27. The summed E-state index contributed by atoms with van der Waals surface area (Å²) in [5.74, 6) is 0.907. The quantitative estimate of drug-likeness (QED) is 0.464. The van der Waals surface area contributed by atoms with E-state index in [9.17, 15) is 9.59 Å². The summed E-state index contributed by atoms with van der Waals surface area (Å²) < 4.78 is 5.17. The second-order valence-electron chi connectivity index (χ2n) is 5.97. The molecule has 0 aromatic heterocycles. The Balaban J connectivity index is 1.72. The van der Waals surface area contributed by atoms with Gasteiger partial charge >= 0.3 is 5.97 Å². The van der Waals surface area contributed by atoms with E-state index in [0.717, 1.165) is 31.4 Å². The molecule has 0 aliphatic heterocycles. The molecule has 2 aliphatic carbocycles. The van der Waals surface area contributed by atoms with Crippen LogP contribution in [0.2, 0.25) is 0 Å². The maximum Gasteiger partial charge on any atom is 0.307 e. The molecule has 2 saturated carbocycles. The predicted molar refractivity (Wildman–Crippen MR) is 81.3 cm³/mol. The van der Waals surface area contributed by atoms with Gasteiger partial charge in [-0.2, -0.15) is 0 Å². The number of esters is 1. The molecule has 1 N–H and O–H groups in total. The first-order valence-electron chi connectivity index (χ1n) is 7.99. The molecule has 0 aromatic rings. The lowest BCUT2D eigenvalue weighted by Crippen LogP contribution is -2.35. The fourth-order valence-corrected chi connectivity index (χ4v) is 2.66. The Bertz CT molecular complexity index is 429. The van der Waals surface area contributed by atoms with Crippen molar-refractivity contribution in [3.8, 4) is 0 Å². The van der Waals surface area contributed by atoms with Crippen molar-refractivity contribution in [3.63, 3.8) is 0 Å². The molecule has 0 heterocycles. The number of hydrogen-bond donors (Lipinski definition) is 1. The van der Waals surface area contributed by atoms with Crippen molar-refractivity contribution in [2.24, 2.45) is 5.92 Å². The van der Waals surface area contributed by atoms with E-state index in [-0.39, 0.29) is 11.9 Å². The number of nitrogens with one attached hydrogen (secondary N) is 1. The molecule has 0 spiro atoms. The molecule has 4 heteroatoms. The summed E-state index contributed by atoms with van der Waals surface area (Å²) in [6.07, 6.45) is 13.9. The summed E-state index contributed by atoms with van der Waals surface area (Å²) in [7, 11) is 0. The molecule has 0 aromatic carbocycles. The van der Waals surface area contributed by atoms with Crippen LogP contribution in [-0.2, 0) is 14.3 Å². The second kappa shape index (κ2) is 8.01. The van der Waals surface area contributed by atoms with Gasteiger partial charge in [0.25, 0.3) is 0 Å². The number of carbonyl (C=O) groups excluding carboxylic acids is 2. The minimum atomic E-state index is -0.281. The van der Waals surface area contributed by atoms with Gasteiger partial charge in [0, 0.05) is 25.3 Å². The number of hydrogen-bond acceptors (Lipinski definition) is 3. The van der Waals surface area contributed by atoms with Gasteiger partial charge in [-0.15, -0.1) is 0 Å². The van der Waals surface area contributed by atoms with E-state index in [1.165, 1.54) is 26.2 Å². The summed E-state index contributed by atoms with van der Waals surface area (Å²) >= 11 is 0. The van der Waals surface area contributed by atoms with Crippen LogP contribution in [0.4, 0.5) is 0 Å². The highest BCUT2D eigenvalue weighted by atomic mass is 16.5. The molecule has 2 aliphatic rings. The maximum atomic E-state index is 11.8. The monoisotopic (exact) mass is 291 g/mol. The van der Waals surface area contributed by atoms with Crippen LogP contribution >= 0.6 is 0 Å². The average molecular weight is 291 g/mol. The predicted octanol–water partition coefficient (Wildman–Crippen LogP) is 3.24. The molecule has 1 amide bonds. The van der Waals surface area contributed by atoms with Gasteiger partial charge in [0.2, 0.25) is 5.91 Å². The molecule has 4 nitrogen and oxygen atoms in total. The van der Waals surface area contributed by atoms with E-state index in [4.69, 9.17) is 4.74 Å². The van der Waals surface area contributed by atoms with Crippen LogP contribution in [0.15, 0.2) is 24.0 Å². The zero-order valence-electron chi connectivity index (χ0n) is 12.8. The zero-order chi connectivity index (χ0) is 15.1. The van der Waals surface area contributed by atoms with E-state index in [2.05, 4.69) is 5.32 Å². The molecular formula is C17H25NO3. The smallest absolute Gasteiger partial charge is 0.307 e. The van der Waals surface area contributed by atoms with Crippen molar-refractivity contribution in [2.45, 2.75) is 64.3 Å². The SMILES string of the molecule is CC(=O)O/C(=C/C=C\CC(=O)NC1CCCCC1)C1CC1. The standard InChI is InChI=1S/C17H25NO3/c1-13(19)21-16(14-11-12-14)9-5-6-10-17(20)18-15-7-3-2-4-8-15/h5-6,9,14-15H,2-4,7-8,10-12H2,1H3,(H,18,20)/b6-5-,16-9+. The number of ether oxygens (including phenoxy) is 1. The fraction of sp³-hybridized carbons (Fsp3) is 0.647. The first-order valence-corrected chi connectivity index (χ1v) is 7.99. The van der Waals surface area contributed by atoms with Gasteiger partial charge in [-0.3, -0.25) is 9.59 Å². The topological polar surface area (TPSA) is 55.4 Å². The molecule has 0 saturated heterocycles. The molecule has 2 fully saturated rings. The number of carbonyl (C=O) groups is 2. The zero-order valence-corrected chi connectivity index (χ0v) is 12.8. The second-order valence-corrected chi connectivity index (χ2v) is 5.97. The van der Waals surface area contributed by atoms with E-state index >= 15 is 0 Å². The van der Waals surface area contributed by atoms with Gasteiger partial charge < -0.3 is 10.1 Å². The van der Waals surface area contributed by atoms with Crippen molar-refractivity contribution in [1.29, 1.82) is 0 Å². The molecular weight excluding hydrogens is 266 g/mol. The van der Waals surface area contributed by atoms with Crippen molar-refractivity contribution in [2.75, 3.05) is 0 Å². The minimum Gasteiger partial charge on any atom is -0.431 e. The number of amides is 1. The Kier molecular flexibility index (Phi) is 6.03. The lowest BCUT2D eigenvalue weighted by atomic mass is 9.95. The highest BCUT2D eigenvalue weighted by Gasteiger charge is 2.28. The summed E-state index contributed by atoms with van der Waals surface area (Å²) in [6, 6.07) is 0.360. The van der Waals surface area contributed by atoms with Crippen LogP contribution in [-0.4, -0.2) is 17.9 Å². The van der Waals surface area contributed by atoms with Gasteiger partial charge in [-0.25, -0.2) is 0 Å². The van der Waals surface area contributed by atoms with Crippen molar-refractivity contribution in [3.05, 3.63) is 24.0 Å². The van der Waals surface area contributed by atoms with Crippen LogP contribution in [0.25, 0.3) is 0 Å². The van der Waals surface area contributed by atoms with Crippen LogP contribution in [0.5, 0.6) is 0 Å². The van der Waals surface area contributed by atoms with Gasteiger partial charge in [0.15, 0.2) is 0 Å². The number of allylic oxidation sites excluding steroid dienone is 3. The van der Waals surface area contributed by atoms with E-state index in [1.807, 2.05) is 18.2 Å². The van der Waals surface area contributed by atoms with E-state index in [1.54, 1.807) is 0 Å². The molecule has 116 valence electrons. The van der Waals surface area contributed by atoms with Crippen molar-refractivity contribution >= 4 is 11.9 Å². The Morgan fingerprint density at radius 3 is 2.48 bits per heavy atom. The largest absolute Gasteiger partial charge is 0.431 e. The molecule has 0 atom stereocenters. The van der Waals surface area contributed by atoms with Gasteiger partial charge in [-0.1, -0.05) is 31.4 Å². The van der Waals surface area contributed by atoms with E-state index in [0.29, 0.717) is 18.4 Å². The molecule has 2 rings (SSSR count). The summed E-state index contributed by atoms with van der Waals surface area (Å²) in [5.41, 5.74) is 0. The molecule has 0 unspecified atom stereocenters. The highest BCUT2D eigenvalue weighted by Crippen LogP contribution is 2.37.